The van der Waals surface area contributed by atoms with Gasteiger partial charge in [-0.15, -0.1) is 0 Å². The van der Waals surface area contributed by atoms with E-state index in [1.807, 2.05) is 18.2 Å². The van der Waals surface area contributed by atoms with Gasteiger partial charge in [-0.05, 0) is 67.7 Å². The van der Waals surface area contributed by atoms with Crippen molar-refractivity contribution in [2.75, 3.05) is 0 Å². The van der Waals surface area contributed by atoms with Crippen LogP contribution < -0.4 is 16.0 Å². The van der Waals surface area contributed by atoms with Crippen molar-refractivity contribution in [3.63, 3.8) is 0 Å². The van der Waals surface area contributed by atoms with E-state index in [1.165, 1.54) is 0 Å². The second kappa shape index (κ2) is 7.18. The van der Waals surface area contributed by atoms with Gasteiger partial charge in [0.1, 0.15) is 5.75 Å². The van der Waals surface area contributed by atoms with E-state index in [2.05, 4.69) is 11.9 Å². The van der Waals surface area contributed by atoms with Crippen LogP contribution >= 0.6 is 0 Å². The third-order valence-corrected chi connectivity index (χ3v) is 4.77. The summed E-state index contributed by atoms with van der Waals surface area (Å²) in [5, 5.41) is 1.69. The number of ether oxygens (including phenoxy) is 1. The average molecular weight is 314 g/mol. The Hall–Kier alpha value is -1.81. The Balaban J connectivity index is 1.91. The maximum Gasteiger partial charge on any atom is 0.255 e. The van der Waals surface area contributed by atoms with Gasteiger partial charge in [0, 0.05) is 17.6 Å². The van der Waals surface area contributed by atoms with Crippen molar-refractivity contribution in [1.82, 2.24) is 4.98 Å². The van der Waals surface area contributed by atoms with Crippen LogP contribution in [-0.4, -0.2) is 17.1 Å². The van der Waals surface area contributed by atoms with Gasteiger partial charge in [0.15, 0.2) is 0 Å². The Morgan fingerprint density at radius 3 is 2.78 bits per heavy atom. The van der Waals surface area contributed by atoms with Gasteiger partial charge in [-0.25, -0.2) is 0 Å². The highest BCUT2D eigenvalue weighted by Crippen LogP contribution is 2.30. The molecule has 1 aliphatic carbocycles. The van der Waals surface area contributed by atoms with E-state index in [-0.39, 0.29) is 11.7 Å². The van der Waals surface area contributed by atoms with E-state index in [4.69, 9.17) is 10.5 Å². The molecule has 0 amide bonds. The van der Waals surface area contributed by atoms with Crippen LogP contribution in [0.2, 0.25) is 0 Å². The molecular formula is C19H26N2O2. The zero-order valence-electron chi connectivity index (χ0n) is 13.8. The Morgan fingerprint density at radius 1 is 1.26 bits per heavy atom. The molecule has 124 valence electrons. The molecule has 4 heteroatoms. The van der Waals surface area contributed by atoms with E-state index in [0.29, 0.717) is 6.04 Å². The lowest BCUT2D eigenvalue weighted by Gasteiger charge is -2.27. The van der Waals surface area contributed by atoms with Crippen LogP contribution in [0.15, 0.2) is 29.2 Å². The fraction of sp³-hybridized carbons (Fsp3) is 0.526. The minimum absolute atomic E-state index is 0.0320. The van der Waals surface area contributed by atoms with Gasteiger partial charge in [0.05, 0.1) is 6.10 Å². The van der Waals surface area contributed by atoms with Gasteiger partial charge >= 0.3 is 0 Å². The van der Waals surface area contributed by atoms with E-state index in [9.17, 15) is 4.79 Å². The molecule has 0 bridgehead atoms. The van der Waals surface area contributed by atoms with Gasteiger partial charge in [-0.1, -0.05) is 13.3 Å². The molecule has 0 saturated heterocycles. The number of hydrogen-bond donors (Lipinski definition) is 2. The first-order chi connectivity index (χ1) is 11.2. The van der Waals surface area contributed by atoms with Crippen molar-refractivity contribution in [2.24, 2.45) is 5.73 Å². The van der Waals surface area contributed by atoms with Crippen LogP contribution in [-0.2, 0) is 6.42 Å². The number of aromatic amines is 1. The summed E-state index contributed by atoms with van der Waals surface area (Å²) < 4.78 is 6.31. The first-order valence-electron chi connectivity index (χ1n) is 8.74. The molecule has 1 aliphatic rings. The number of unbranched alkanes of at least 4 members (excludes halogenated alkanes) is 1. The second-order valence-electron chi connectivity index (χ2n) is 6.61. The van der Waals surface area contributed by atoms with E-state index in [0.717, 1.165) is 67.0 Å². The van der Waals surface area contributed by atoms with Crippen LogP contribution in [0.3, 0.4) is 0 Å². The zero-order chi connectivity index (χ0) is 16.2. The van der Waals surface area contributed by atoms with Gasteiger partial charge in [-0.2, -0.15) is 0 Å². The van der Waals surface area contributed by atoms with Crippen molar-refractivity contribution < 1.29 is 4.74 Å². The largest absolute Gasteiger partial charge is 0.490 e. The number of rotatable bonds is 5. The van der Waals surface area contributed by atoms with Crippen molar-refractivity contribution in [2.45, 2.75) is 64.0 Å². The molecule has 0 unspecified atom stereocenters. The number of hydrogen-bond acceptors (Lipinski definition) is 3. The molecule has 23 heavy (non-hydrogen) atoms. The van der Waals surface area contributed by atoms with Crippen molar-refractivity contribution in [3.8, 4) is 5.75 Å². The standard InChI is InChI=1S/C19H26N2O2/c1-2-3-4-14-11-17-13(9-10-21-19(17)22)12-18(14)23-16-7-5-15(20)6-8-16/h9-12,15-16H,2-8,20H2,1H3,(H,21,22). The number of nitrogens with two attached hydrogens (primary N) is 1. The molecule has 1 aromatic carbocycles. The SMILES string of the molecule is CCCCc1cc2c(=O)[nH]ccc2cc1OC1CCC(N)CC1. The second-order valence-corrected chi connectivity index (χ2v) is 6.61. The first-order valence-corrected chi connectivity index (χ1v) is 8.74. The van der Waals surface area contributed by atoms with Crippen LogP contribution in [0.1, 0.15) is 51.0 Å². The number of aryl methyl sites for hydroxylation is 1. The normalized spacial score (nSPS) is 21.5. The summed E-state index contributed by atoms with van der Waals surface area (Å²) in [6.45, 7) is 2.18. The molecule has 2 aromatic rings. The number of pyridine rings is 1. The fourth-order valence-electron chi connectivity index (χ4n) is 3.32. The average Bonchev–Trinajstić information content (AvgIpc) is 2.55. The summed E-state index contributed by atoms with van der Waals surface area (Å²) >= 11 is 0. The van der Waals surface area contributed by atoms with Crippen molar-refractivity contribution in [1.29, 1.82) is 0 Å². The molecule has 0 aliphatic heterocycles. The Labute approximate surface area is 137 Å². The van der Waals surface area contributed by atoms with Crippen molar-refractivity contribution >= 4 is 10.8 Å². The lowest BCUT2D eigenvalue weighted by molar-refractivity contribution is 0.146. The predicted octanol–water partition coefficient (Wildman–Crippen LogP) is 3.52. The minimum atomic E-state index is -0.0320. The lowest BCUT2D eigenvalue weighted by atomic mass is 9.93. The van der Waals surface area contributed by atoms with Crippen LogP contribution in [0.4, 0.5) is 0 Å². The van der Waals surface area contributed by atoms with E-state index >= 15 is 0 Å². The summed E-state index contributed by atoms with van der Waals surface area (Å²) in [6, 6.07) is 6.30. The third kappa shape index (κ3) is 3.75. The van der Waals surface area contributed by atoms with E-state index in [1.54, 1.807) is 6.20 Å². The number of nitrogens with one attached hydrogen (secondary N) is 1. The van der Waals surface area contributed by atoms with Crippen LogP contribution in [0.5, 0.6) is 5.75 Å². The molecule has 3 rings (SSSR count). The molecule has 0 radical (unpaired) electrons. The number of H-pyrrole nitrogens is 1. The zero-order valence-corrected chi connectivity index (χ0v) is 13.8. The summed E-state index contributed by atoms with van der Waals surface area (Å²) in [7, 11) is 0. The molecule has 4 nitrogen and oxygen atoms in total. The molecule has 0 atom stereocenters. The highest BCUT2D eigenvalue weighted by molar-refractivity contribution is 5.84. The summed E-state index contributed by atoms with van der Waals surface area (Å²) in [4.78, 5) is 14.8. The molecular weight excluding hydrogens is 288 g/mol. The third-order valence-electron chi connectivity index (χ3n) is 4.77. The summed E-state index contributed by atoms with van der Waals surface area (Å²) in [6.07, 6.45) is 9.20. The topological polar surface area (TPSA) is 68.1 Å². The molecule has 0 spiro atoms. The lowest BCUT2D eigenvalue weighted by Crippen LogP contribution is -2.31. The molecule has 1 saturated carbocycles. The molecule has 1 aromatic heterocycles. The summed E-state index contributed by atoms with van der Waals surface area (Å²) in [5.74, 6) is 0.942. The summed E-state index contributed by atoms with van der Waals surface area (Å²) in [5.41, 5.74) is 7.10. The monoisotopic (exact) mass is 314 g/mol. The highest BCUT2D eigenvalue weighted by Gasteiger charge is 2.21. The molecule has 3 N–H and O–H groups in total. The first kappa shape index (κ1) is 16.1. The maximum atomic E-state index is 12.0. The van der Waals surface area contributed by atoms with Gasteiger partial charge in [0.2, 0.25) is 0 Å². The van der Waals surface area contributed by atoms with Gasteiger partial charge in [0.25, 0.3) is 5.56 Å². The van der Waals surface area contributed by atoms with Crippen LogP contribution in [0.25, 0.3) is 10.8 Å². The maximum absolute atomic E-state index is 12.0. The van der Waals surface area contributed by atoms with Crippen LogP contribution in [0, 0.1) is 0 Å². The predicted molar refractivity (Wildman–Crippen MR) is 94.0 cm³/mol. The van der Waals surface area contributed by atoms with Crippen molar-refractivity contribution in [3.05, 3.63) is 40.3 Å². The van der Waals surface area contributed by atoms with Gasteiger partial charge < -0.3 is 15.5 Å². The molecule has 1 heterocycles. The van der Waals surface area contributed by atoms with E-state index < -0.39 is 0 Å². The molecule has 1 fully saturated rings. The highest BCUT2D eigenvalue weighted by atomic mass is 16.5. The van der Waals surface area contributed by atoms with Gasteiger partial charge in [-0.3, -0.25) is 4.79 Å². The minimum Gasteiger partial charge on any atom is -0.490 e. The Bertz CT molecular complexity index is 715. The fourth-order valence-corrected chi connectivity index (χ4v) is 3.32. The Kier molecular flexibility index (Phi) is 5.01. The smallest absolute Gasteiger partial charge is 0.255 e. The number of aromatic nitrogens is 1. The number of fused-ring (bicyclic) bond motifs is 1. The Morgan fingerprint density at radius 2 is 2.04 bits per heavy atom. The quantitative estimate of drug-likeness (QED) is 0.887. The number of benzene rings is 1.